The predicted octanol–water partition coefficient (Wildman–Crippen LogP) is 1.62. The second-order valence-electron chi connectivity index (χ2n) is 0.0583. The molecular formula is Br2CeO. The fourth-order valence-electron chi connectivity index (χ4n) is 0. The summed E-state index contributed by atoms with van der Waals surface area (Å²) in [5.74, 6) is 0. The van der Waals surface area contributed by atoms with Crippen LogP contribution in [0.5, 0.6) is 0 Å². The van der Waals surface area contributed by atoms with Gasteiger partial charge in [-0.3, -0.25) is 0 Å². The molecule has 0 saturated carbocycles. The molecule has 0 heterocycles. The molecule has 0 aliphatic heterocycles. The first kappa shape index (κ1) is 9.57. The van der Waals surface area contributed by atoms with E-state index in [2.05, 4.69) is 35.4 Å². The van der Waals surface area contributed by atoms with Crippen molar-refractivity contribution in [1.29, 1.82) is 0 Å². The summed E-state index contributed by atoms with van der Waals surface area (Å²) in [4.78, 5) is 0. The van der Waals surface area contributed by atoms with Crippen molar-refractivity contribution in [3.63, 3.8) is 0 Å². The maximum atomic E-state index is 3.88. The molecule has 0 bridgehead atoms. The van der Waals surface area contributed by atoms with Gasteiger partial charge >= 0.3 is 0 Å². The zero-order valence-corrected chi connectivity index (χ0v) is 7.98. The molecule has 0 saturated heterocycles. The van der Waals surface area contributed by atoms with Gasteiger partial charge in [0, 0.05) is 41.7 Å². The van der Waals surface area contributed by atoms with E-state index < -0.39 is 0 Å². The van der Waals surface area contributed by atoms with E-state index in [-0.39, 0.29) is 41.7 Å². The van der Waals surface area contributed by atoms with Crippen LogP contribution in [-0.2, 0) is 2.92 Å². The minimum Gasteiger partial charge on any atom is -0.230 e. The summed E-state index contributed by atoms with van der Waals surface area (Å²) < 4.78 is 3.88. The number of halogens is 2. The van der Waals surface area contributed by atoms with Gasteiger partial charge in [-0.15, -0.1) is 0 Å². The molecule has 0 rings (SSSR count). The predicted molar refractivity (Wildman–Crippen MR) is 18.9 cm³/mol. The van der Waals surface area contributed by atoms with Crippen LogP contribution < -0.4 is 0 Å². The van der Waals surface area contributed by atoms with Crippen LogP contribution in [0.1, 0.15) is 0 Å². The van der Waals surface area contributed by atoms with E-state index in [1.54, 1.807) is 0 Å². The quantitative estimate of drug-likeness (QED) is 0.660. The molecule has 1 nitrogen and oxygen atoms in total. The minimum atomic E-state index is 0. The van der Waals surface area contributed by atoms with E-state index in [4.69, 9.17) is 0 Å². The Morgan fingerprint density at radius 2 is 1.25 bits per heavy atom. The third-order valence-electron chi connectivity index (χ3n) is 0. The molecule has 0 aromatic carbocycles. The molecule has 0 atom stereocenters. The van der Waals surface area contributed by atoms with Crippen LogP contribution in [0.4, 0.5) is 0 Å². The number of hydrogen-bond acceptors (Lipinski definition) is 1. The van der Waals surface area contributed by atoms with Gasteiger partial charge < -0.3 is 0 Å². The Kier molecular flexibility index (Phi) is 21.5. The van der Waals surface area contributed by atoms with Gasteiger partial charge in [-0.25, -0.2) is 2.92 Å². The summed E-state index contributed by atoms with van der Waals surface area (Å²) >= 11 is 5.12. The first-order chi connectivity index (χ1) is 1.41. The van der Waals surface area contributed by atoms with Gasteiger partial charge in [0.15, 0.2) is 0 Å². The molecule has 0 aliphatic carbocycles. The SMILES string of the molecule is BrOBr.[Ce]. The topological polar surface area (TPSA) is 9.23 Å². The van der Waals surface area contributed by atoms with Gasteiger partial charge in [0.2, 0.25) is 0 Å². The van der Waals surface area contributed by atoms with E-state index in [0.717, 1.165) is 0 Å². The van der Waals surface area contributed by atoms with E-state index in [0.29, 0.717) is 0 Å². The summed E-state index contributed by atoms with van der Waals surface area (Å²) in [6.07, 6.45) is 0. The van der Waals surface area contributed by atoms with Crippen molar-refractivity contribution in [2.24, 2.45) is 0 Å². The van der Waals surface area contributed by atoms with Crippen molar-refractivity contribution in [1.82, 2.24) is 0 Å². The monoisotopic (exact) mass is 314 g/mol. The Morgan fingerprint density at radius 3 is 1.25 bits per heavy atom. The maximum absolute atomic E-state index is 3.88. The van der Waals surface area contributed by atoms with Gasteiger partial charge in [0.05, 0.1) is 0 Å². The molecular weight excluding hydrogens is 316 g/mol. The van der Waals surface area contributed by atoms with Gasteiger partial charge in [0.25, 0.3) is 0 Å². The fraction of sp³-hybridized carbons (Fsp3) is 0. The minimum absolute atomic E-state index is 0. The van der Waals surface area contributed by atoms with Crippen molar-refractivity contribution >= 4 is 32.5 Å². The first-order valence-electron chi connectivity index (χ1n) is 0.309. The van der Waals surface area contributed by atoms with Gasteiger partial charge in [-0.05, 0) is 0 Å². The molecule has 0 aromatic heterocycles. The summed E-state index contributed by atoms with van der Waals surface area (Å²) in [6.45, 7) is 0. The first-order valence-corrected chi connectivity index (χ1v) is 1.60. The fourth-order valence-corrected chi connectivity index (χ4v) is 0. The van der Waals surface area contributed by atoms with Crippen molar-refractivity contribution in [3.8, 4) is 0 Å². The second kappa shape index (κ2) is 9.00. The Hall–Kier alpha value is 2.30. The van der Waals surface area contributed by atoms with E-state index in [9.17, 15) is 0 Å². The van der Waals surface area contributed by atoms with Crippen molar-refractivity contribution < 1.29 is 44.7 Å². The maximum Gasteiger partial charge on any atom is 0.115 e. The van der Waals surface area contributed by atoms with Gasteiger partial charge in [0.1, 0.15) is 32.5 Å². The van der Waals surface area contributed by atoms with Gasteiger partial charge in [-0.2, -0.15) is 0 Å². The summed E-state index contributed by atoms with van der Waals surface area (Å²) in [5.41, 5.74) is 0. The Bertz CT molecular complexity index is 6.00. The Labute approximate surface area is 75.8 Å². The van der Waals surface area contributed by atoms with Crippen LogP contribution in [0.2, 0.25) is 0 Å². The average molecular weight is 316 g/mol. The molecule has 0 aromatic rings. The zero-order chi connectivity index (χ0) is 2.71. The summed E-state index contributed by atoms with van der Waals surface area (Å²) in [7, 11) is 0. The third kappa shape index (κ3) is 8.85. The average Bonchev–Trinajstić information content (AvgIpc) is 0.918. The second-order valence-corrected chi connectivity index (χ2v) is 1.57. The van der Waals surface area contributed by atoms with Crippen LogP contribution >= 0.6 is 32.5 Å². The molecule has 0 aliphatic rings. The Balaban J connectivity index is 0. The molecule has 0 fully saturated rings. The molecule has 4 heteroatoms. The Morgan fingerprint density at radius 1 is 1.25 bits per heavy atom. The number of rotatable bonds is 0. The summed E-state index contributed by atoms with van der Waals surface area (Å²) in [5, 5.41) is 0. The molecule has 0 amide bonds. The molecule has 0 unspecified atom stereocenters. The van der Waals surface area contributed by atoms with Crippen LogP contribution in [0, 0.1) is 41.7 Å². The van der Waals surface area contributed by atoms with E-state index >= 15 is 0 Å². The normalized spacial score (nSPS) is 4.50. The van der Waals surface area contributed by atoms with Crippen molar-refractivity contribution in [3.05, 3.63) is 0 Å². The molecule has 24 valence electrons. The zero-order valence-electron chi connectivity index (χ0n) is 1.66. The molecule has 4 heavy (non-hydrogen) atoms. The van der Waals surface area contributed by atoms with Crippen LogP contribution in [0.15, 0.2) is 0 Å². The standard InChI is InChI=1S/Br2O.Ce/c1-3-2;. The van der Waals surface area contributed by atoms with Crippen LogP contribution in [-0.4, -0.2) is 0 Å². The van der Waals surface area contributed by atoms with Gasteiger partial charge in [-0.1, -0.05) is 0 Å². The largest absolute Gasteiger partial charge is 0.230 e. The van der Waals surface area contributed by atoms with E-state index in [1.807, 2.05) is 0 Å². The molecule has 0 radical (unpaired) electrons. The number of hydrogen-bond donors (Lipinski definition) is 0. The third-order valence-corrected chi connectivity index (χ3v) is 0. The molecule has 0 spiro atoms. The van der Waals surface area contributed by atoms with Crippen molar-refractivity contribution in [2.75, 3.05) is 0 Å². The van der Waals surface area contributed by atoms with E-state index in [1.165, 1.54) is 0 Å². The van der Waals surface area contributed by atoms with Crippen LogP contribution in [0.3, 0.4) is 0 Å². The van der Waals surface area contributed by atoms with Crippen molar-refractivity contribution in [2.45, 2.75) is 0 Å². The summed E-state index contributed by atoms with van der Waals surface area (Å²) in [6, 6.07) is 0. The molecule has 0 N–H and O–H groups in total. The van der Waals surface area contributed by atoms with Crippen LogP contribution in [0.25, 0.3) is 0 Å². The smallest absolute Gasteiger partial charge is 0.115 e.